The van der Waals surface area contributed by atoms with E-state index >= 15 is 0 Å². The zero-order valence-corrected chi connectivity index (χ0v) is 27.4. The summed E-state index contributed by atoms with van der Waals surface area (Å²) < 4.78 is 6.79. The van der Waals surface area contributed by atoms with Gasteiger partial charge in [-0.3, -0.25) is 19.0 Å². The molecule has 1 amide bonds. The van der Waals surface area contributed by atoms with E-state index in [9.17, 15) is 14.4 Å². The van der Waals surface area contributed by atoms with Crippen LogP contribution in [0.25, 0.3) is 27.5 Å². The highest BCUT2D eigenvalue weighted by molar-refractivity contribution is 7.13. The van der Waals surface area contributed by atoms with Gasteiger partial charge in [0.05, 0.1) is 35.5 Å². The maximum Gasteiger partial charge on any atom is 0.310 e. The Morgan fingerprint density at radius 1 is 1.09 bits per heavy atom. The van der Waals surface area contributed by atoms with E-state index in [0.717, 1.165) is 40.9 Å². The van der Waals surface area contributed by atoms with Crippen molar-refractivity contribution >= 4 is 34.8 Å². The summed E-state index contributed by atoms with van der Waals surface area (Å²) in [5, 5.41) is 3.09. The first-order chi connectivity index (χ1) is 21.2. The highest BCUT2D eigenvalue weighted by Crippen LogP contribution is 2.34. The van der Waals surface area contributed by atoms with E-state index in [-0.39, 0.29) is 35.8 Å². The van der Waals surface area contributed by atoms with Crippen LogP contribution in [0, 0.1) is 5.92 Å². The molecular weight excluding hydrogens is 594 g/mol. The smallest absolute Gasteiger partial charge is 0.310 e. The molecule has 44 heavy (non-hydrogen) atoms. The molecule has 1 atom stereocenters. The van der Waals surface area contributed by atoms with Crippen LogP contribution in [0.15, 0.2) is 58.7 Å². The molecule has 3 heterocycles. The van der Waals surface area contributed by atoms with Crippen molar-refractivity contribution < 1.29 is 14.3 Å². The Hall–Kier alpha value is -3.75. The van der Waals surface area contributed by atoms with Crippen molar-refractivity contribution in [2.75, 3.05) is 20.2 Å². The molecule has 0 N–H and O–H groups in total. The zero-order valence-electron chi connectivity index (χ0n) is 25.9. The molecule has 1 aliphatic heterocycles. The van der Waals surface area contributed by atoms with Gasteiger partial charge >= 0.3 is 5.97 Å². The average Bonchev–Trinajstić information content (AvgIpc) is 3.53. The van der Waals surface area contributed by atoms with E-state index in [1.165, 1.54) is 18.4 Å². The number of nitrogens with zero attached hydrogens (tertiary/aromatic N) is 3. The molecule has 1 saturated heterocycles. The summed E-state index contributed by atoms with van der Waals surface area (Å²) in [5.41, 5.74) is 5.81. The number of amides is 1. The van der Waals surface area contributed by atoms with Gasteiger partial charge in [0.15, 0.2) is 0 Å². The number of carbonyl (C=O) groups is 2. The predicted octanol–water partition coefficient (Wildman–Crippen LogP) is 7.55. The van der Waals surface area contributed by atoms with E-state index in [1.807, 2.05) is 61.7 Å². The van der Waals surface area contributed by atoms with Gasteiger partial charge in [-0.05, 0) is 60.9 Å². The van der Waals surface area contributed by atoms with E-state index < -0.39 is 0 Å². The van der Waals surface area contributed by atoms with Crippen LogP contribution in [0.2, 0.25) is 5.02 Å². The van der Waals surface area contributed by atoms with Gasteiger partial charge < -0.3 is 9.64 Å². The maximum atomic E-state index is 14.7. The maximum absolute atomic E-state index is 14.7. The van der Waals surface area contributed by atoms with Gasteiger partial charge in [-0.15, -0.1) is 11.3 Å². The zero-order chi connectivity index (χ0) is 31.5. The molecule has 7 nitrogen and oxygen atoms in total. The summed E-state index contributed by atoms with van der Waals surface area (Å²) in [5.74, 6) is -1.02. The number of ether oxygens (including phenoxy) is 1. The summed E-state index contributed by atoms with van der Waals surface area (Å²) in [6, 6.07) is 15.3. The number of hydrogen-bond acceptors (Lipinski definition) is 6. The number of esters is 1. The van der Waals surface area contributed by atoms with Crippen LogP contribution >= 0.6 is 22.9 Å². The van der Waals surface area contributed by atoms with Gasteiger partial charge in [-0.1, -0.05) is 69.6 Å². The molecule has 5 rings (SSSR count). The van der Waals surface area contributed by atoms with Gasteiger partial charge in [-0.25, -0.2) is 4.98 Å². The monoisotopic (exact) mass is 631 g/mol. The Balaban J connectivity index is 1.76. The van der Waals surface area contributed by atoms with Crippen LogP contribution in [-0.2, 0) is 22.4 Å². The number of thiazole rings is 1. The summed E-state index contributed by atoms with van der Waals surface area (Å²) in [7, 11) is 1.38. The summed E-state index contributed by atoms with van der Waals surface area (Å²) in [6.07, 6.45) is 2.83. The quantitative estimate of drug-likeness (QED) is 0.188. The number of para-hydroxylation sites is 1. The van der Waals surface area contributed by atoms with Crippen molar-refractivity contribution in [2.45, 2.75) is 59.3 Å². The number of aromatic nitrogens is 2. The van der Waals surface area contributed by atoms with Crippen LogP contribution in [0.5, 0.6) is 0 Å². The number of hydrogen-bond donors (Lipinski definition) is 0. The van der Waals surface area contributed by atoms with E-state index in [4.69, 9.17) is 21.3 Å². The molecule has 9 heteroatoms. The first kappa shape index (κ1) is 31.7. The second-order valence-electron chi connectivity index (χ2n) is 11.4. The number of methoxy groups -OCH3 is 1. The lowest BCUT2D eigenvalue weighted by molar-refractivity contribution is -0.146. The standard InChI is InChI=1S/C35H38ClN3O4S/c1-6-22-10-8-11-23(7-2)31(22)39-30(21(3)4)27(33(40)38-17-9-12-25(19-38)35(42)43-5)18-28(34(39)41)32-37-29(20-44-32)24-13-15-26(36)16-14-24/h8,10-11,13-16,18,20-21,25H,6-7,9,12,17,19H2,1-5H3/t25-/m0/s1. The molecule has 0 bridgehead atoms. The van der Waals surface area contributed by atoms with Crippen molar-refractivity contribution in [1.29, 1.82) is 0 Å². The fraction of sp³-hybridized carbons (Fsp3) is 0.371. The molecule has 1 fully saturated rings. The topological polar surface area (TPSA) is 81.5 Å². The fourth-order valence-corrected chi connectivity index (χ4v) is 7.05. The number of aryl methyl sites for hydroxylation is 2. The van der Waals surface area contributed by atoms with Gasteiger partial charge in [0.2, 0.25) is 0 Å². The minimum absolute atomic E-state index is 0.146. The number of piperidine rings is 1. The highest BCUT2D eigenvalue weighted by Gasteiger charge is 2.33. The van der Waals surface area contributed by atoms with E-state index in [0.29, 0.717) is 46.2 Å². The minimum Gasteiger partial charge on any atom is -0.469 e. The van der Waals surface area contributed by atoms with Crippen LogP contribution < -0.4 is 5.56 Å². The summed E-state index contributed by atoms with van der Waals surface area (Å²) in [6.45, 7) is 8.99. The van der Waals surface area contributed by atoms with Crippen molar-refractivity contribution in [3.05, 3.63) is 91.7 Å². The average molecular weight is 632 g/mol. The number of halogens is 1. The molecule has 4 aromatic rings. The molecule has 0 saturated carbocycles. The molecule has 0 spiro atoms. The Bertz CT molecular complexity index is 1720. The van der Waals surface area contributed by atoms with Crippen molar-refractivity contribution in [3.63, 3.8) is 0 Å². The van der Waals surface area contributed by atoms with Crippen molar-refractivity contribution in [1.82, 2.24) is 14.5 Å². The van der Waals surface area contributed by atoms with Crippen molar-refractivity contribution in [3.8, 4) is 27.5 Å². The molecule has 0 unspecified atom stereocenters. The van der Waals surface area contributed by atoms with E-state index in [1.54, 1.807) is 15.5 Å². The molecular formula is C35H38ClN3O4S. The Morgan fingerprint density at radius 3 is 2.39 bits per heavy atom. The van der Waals surface area contributed by atoms with Crippen LogP contribution in [0.4, 0.5) is 0 Å². The molecule has 230 valence electrons. The minimum atomic E-state index is -0.376. The van der Waals surface area contributed by atoms with Crippen molar-refractivity contribution in [2.24, 2.45) is 5.92 Å². The molecule has 2 aromatic carbocycles. The van der Waals surface area contributed by atoms with Crippen LogP contribution in [0.3, 0.4) is 0 Å². The van der Waals surface area contributed by atoms with Gasteiger partial charge in [0.1, 0.15) is 5.01 Å². The Labute approximate surface area is 267 Å². The molecule has 0 aliphatic carbocycles. The van der Waals surface area contributed by atoms with Gasteiger partial charge in [0.25, 0.3) is 11.5 Å². The number of likely N-dealkylation sites (tertiary alicyclic amines) is 1. The van der Waals surface area contributed by atoms with Crippen LogP contribution in [0.1, 0.15) is 73.6 Å². The second-order valence-corrected chi connectivity index (χ2v) is 12.7. The summed E-state index contributed by atoms with van der Waals surface area (Å²) >= 11 is 7.48. The Morgan fingerprint density at radius 2 is 1.77 bits per heavy atom. The molecule has 0 radical (unpaired) electrons. The number of carbonyl (C=O) groups excluding carboxylic acids is 2. The molecule has 2 aromatic heterocycles. The third kappa shape index (κ3) is 6.10. The predicted molar refractivity (Wildman–Crippen MR) is 177 cm³/mol. The largest absolute Gasteiger partial charge is 0.469 e. The summed E-state index contributed by atoms with van der Waals surface area (Å²) in [4.78, 5) is 48.2. The van der Waals surface area contributed by atoms with E-state index in [2.05, 4.69) is 13.8 Å². The first-order valence-electron chi connectivity index (χ1n) is 15.2. The fourth-order valence-electron chi connectivity index (χ4n) is 6.09. The lowest BCUT2D eigenvalue weighted by atomic mass is 9.94. The van der Waals surface area contributed by atoms with Gasteiger partial charge in [-0.2, -0.15) is 0 Å². The first-order valence-corrected chi connectivity index (χ1v) is 16.4. The normalized spacial score (nSPS) is 15.1. The van der Waals surface area contributed by atoms with Gasteiger partial charge in [0, 0.05) is 34.7 Å². The lowest BCUT2D eigenvalue weighted by Gasteiger charge is -2.33. The number of benzene rings is 2. The van der Waals surface area contributed by atoms with Crippen LogP contribution in [-0.4, -0.2) is 46.5 Å². The lowest BCUT2D eigenvalue weighted by Crippen LogP contribution is -2.43. The SMILES string of the molecule is CCc1cccc(CC)c1-n1c(C(C)C)c(C(=O)N2CCC[C@H](C(=O)OC)C2)cc(-c2nc(-c3ccc(Cl)cc3)cs2)c1=O. The molecule has 1 aliphatic rings. The third-order valence-electron chi connectivity index (χ3n) is 8.32. The highest BCUT2D eigenvalue weighted by atomic mass is 35.5. The third-order valence-corrected chi connectivity index (χ3v) is 9.45. The Kier molecular flexibility index (Phi) is 9.71. The second kappa shape index (κ2) is 13.5. The number of rotatable bonds is 8. The number of pyridine rings is 1.